The lowest BCUT2D eigenvalue weighted by Gasteiger charge is -2.09. The highest BCUT2D eigenvalue weighted by atomic mass is 32.2. The fourth-order valence-corrected chi connectivity index (χ4v) is 4.93. The van der Waals surface area contributed by atoms with E-state index >= 15 is 0 Å². The van der Waals surface area contributed by atoms with Crippen molar-refractivity contribution in [2.45, 2.75) is 18.7 Å². The second-order valence-electron chi connectivity index (χ2n) is 5.45. The van der Waals surface area contributed by atoms with Gasteiger partial charge in [-0.1, -0.05) is 13.0 Å². The van der Waals surface area contributed by atoms with E-state index in [-0.39, 0.29) is 22.1 Å². The average Bonchev–Trinajstić information content (AvgIpc) is 3.26. The Kier molecular flexibility index (Phi) is 5.12. The Morgan fingerprint density at radius 2 is 2.08 bits per heavy atom. The minimum absolute atomic E-state index is 0.0494. The van der Waals surface area contributed by atoms with Crippen LogP contribution < -0.4 is 5.32 Å². The van der Waals surface area contributed by atoms with Crippen molar-refractivity contribution < 1.29 is 18.3 Å². The summed E-state index contributed by atoms with van der Waals surface area (Å²) < 4.78 is 24.0. The van der Waals surface area contributed by atoms with Gasteiger partial charge in [0.2, 0.25) is 0 Å². The van der Waals surface area contributed by atoms with Gasteiger partial charge in [0.1, 0.15) is 15.6 Å². The molecule has 2 aromatic heterocycles. The van der Waals surface area contributed by atoms with Crippen LogP contribution >= 0.6 is 22.7 Å². The molecule has 26 heavy (non-hydrogen) atoms. The number of carbonyl (C=O) groups excluding carboxylic acids is 1. The second-order valence-corrected chi connectivity index (χ2v) is 9.67. The van der Waals surface area contributed by atoms with Crippen LogP contribution in [0.3, 0.4) is 0 Å². The molecule has 136 valence electrons. The normalized spacial score (nSPS) is 11.5. The Bertz CT molecular complexity index is 1050. The van der Waals surface area contributed by atoms with E-state index in [1.165, 1.54) is 47.8 Å². The molecule has 0 aliphatic rings. The van der Waals surface area contributed by atoms with Gasteiger partial charge < -0.3 is 10.4 Å². The van der Waals surface area contributed by atoms with E-state index in [0.29, 0.717) is 10.6 Å². The van der Waals surface area contributed by atoms with Crippen molar-refractivity contribution in [2.24, 2.45) is 0 Å². The maximum Gasteiger partial charge on any atom is 0.267 e. The zero-order valence-corrected chi connectivity index (χ0v) is 16.5. The lowest BCUT2D eigenvalue weighted by Crippen LogP contribution is -2.12. The SMILES string of the molecule is CCS(=O)(=O)c1ccc(O)c(NC(=O)c2sc(-c3cccs3)nc2C)c1. The van der Waals surface area contributed by atoms with E-state index in [1.54, 1.807) is 6.92 Å². The molecule has 3 aromatic rings. The van der Waals surface area contributed by atoms with Crippen molar-refractivity contribution in [2.75, 3.05) is 11.1 Å². The smallest absolute Gasteiger partial charge is 0.267 e. The van der Waals surface area contributed by atoms with Crippen molar-refractivity contribution >= 4 is 44.1 Å². The highest BCUT2D eigenvalue weighted by Crippen LogP contribution is 2.33. The van der Waals surface area contributed by atoms with Crippen molar-refractivity contribution in [3.8, 4) is 15.6 Å². The number of sulfone groups is 1. The molecule has 0 spiro atoms. The van der Waals surface area contributed by atoms with E-state index in [9.17, 15) is 18.3 Å². The number of anilines is 1. The Morgan fingerprint density at radius 3 is 2.73 bits per heavy atom. The number of nitrogens with zero attached hydrogens (tertiary/aromatic N) is 1. The summed E-state index contributed by atoms with van der Waals surface area (Å²) in [6, 6.07) is 7.68. The first-order valence-electron chi connectivity index (χ1n) is 7.70. The van der Waals surface area contributed by atoms with E-state index in [4.69, 9.17) is 0 Å². The molecular formula is C17H16N2O4S3. The summed E-state index contributed by atoms with van der Waals surface area (Å²) in [5, 5.41) is 15.2. The van der Waals surface area contributed by atoms with Crippen LogP contribution in [0.4, 0.5) is 5.69 Å². The van der Waals surface area contributed by atoms with Gasteiger partial charge in [0.15, 0.2) is 9.84 Å². The van der Waals surface area contributed by atoms with Crippen molar-refractivity contribution in [3.63, 3.8) is 0 Å². The quantitative estimate of drug-likeness (QED) is 0.624. The second kappa shape index (κ2) is 7.18. The molecule has 9 heteroatoms. The average molecular weight is 409 g/mol. The number of rotatable bonds is 5. The number of carbonyl (C=O) groups is 1. The Morgan fingerprint density at radius 1 is 1.31 bits per heavy atom. The van der Waals surface area contributed by atoms with Gasteiger partial charge in [0, 0.05) is 0 Å². The van der Waals surface area contributed by atoms with E-state index < -0.39 is 15.7 Å². The molecule has 0 unspecified atom stereocenters. The predicted molar refractivity (Wildman–Crippen MR) is 104 cm³/mol. The van der Waals surface area contributed by atoms with Crippen LogP contribution in [0.25, 0.3) is 9.88 Å². The van der Waals surface area contributed by atoms with Crippen LogP contribution in [0.5, 0.6) is 5.75 Å². The van der Waals surface area contributed by atoms with Gasteiger partial charge in [-0.3, -0.25) is 4.79 Å². The van der Waals surface area contributed by atoms with Gasteiger partial charge in [0.25, 0.3) is 5.91 Å². The van der Waals surface area contributed by atoms with Gasteiger partial charge in [-0.05, 0) is 36.6 Å². The van der Waals surface area contributed by atoms with Crippen LogP contribution in [-0.4, -0.2) is 30.2 Å². The van der Waals surface area contributed by atoms with Gasteiger partial charge in [-0.2, -0.15) is 0 Å². The van der Waals surface area contributed by atoms with Crippen LogP contribution in [-0.2, 0) is 9.84 Å². The number of thiazole rings is 1. The predicted octanol–water partition coefficient (Wildman–Crippen LogP) is 3.93. The van der Waals surface area contributed by atoms with Crippen LogP contribution in [0.1, 0.15) is 22.3 Å². The fraction of sp³-hybridized carbons (Fsp3) is 0.176. The number of aromatic hydroxyl groups is 1. The summed E-state index contributed by atoms with van der Waals surface area (Å²) in [6.45, 7) is 3.27. The molecule has 3 rings (SSSR count). The first-order chi connectivity index (χ1) is 12.3. The minimum atomic E-state index is -3.44. The topological polar surface area (TPSA) is 96.4 Å². The largest absolute Gasteiger partial charge is 0.506 e. The molecule has 2 N–H and O–H groups in total. The molecule has 0 bridgehead atoms. The number of hydrogen-bond donors (Lipinski definition) is 2. The van der Waals surface area contributed by atoms with Crippen molar-refractivity contribution in [3.05, 3.63) is 46.3 Å². The maximum absolute atomic E-state index is 12.6. The summed E-state index contributed by atoms with van der Waals surface area (Å²) in [5.41, 5.74) is 0.628. The number of benzene rings is 1. The van der Waals surface area contributed by atoms with Crippen LogP contribution in [0.15, 0.2) is 40.6 Å². The number of amides is 1. The first kappa shape index (κ1) is 18.6. The summed E-state index contributed by atoms with van der Waals surface area (Å²) in [6.07, 6.45) is 0. The maximum atomic E-state index is 12.6. The first-order valence-corrected chi connectivity index (χ1v) is 11.0. The molecule has 1 amide bonds. The van der Waals surface area contributed by atoms with Crippen molar-refractivity contribution in [1.29, 1.82) is 0 Å². The summed E-state index contributed by atoms with van der Waals surface area (Å²) in [7, 11) is -3.44. The third-order valence-electron chi connectivity index (χ3n) is 3.69. The number of phenols is 1. The Labute approximate surface area is 159 Å². The number of thiophene rings is 1. The summed E-state index contributed by atoms with van der Waals surface area (Å²) in [5.74, 6) is -0.707. The lowest BCUT2D eigenvalue weighted by atomic mass is 10.2. The van der Waals surface area contributed by atoms with Gasteiger partial charge in [-0.15, -0.1) is 22.7 Å². The van der Waals surface area contributed by atoms with Gasteiger partial charge in [-0.25, -0.2) is 13.4 Å². The highest BCUT2D eigenvalue weighted by Gasteiger charge is 2.19. The van der Waals surface area contributed by atoms with Crippen LogP contribution in [0.2, 0.25) is 0 Å². The molecule has 0 aliphatic heterocycles. The molecule has 1 aromatic carbocycles. The standard InChI is InChI=1S/C17H16N2O4S3/c1-3-26(22,23)11-6-7-13(20)12(9-11)19-16(21)15-10(2)18-17(25-15)14-5-4-8-24-14/h4-9,20H,3H2,1-2H3,(H,19,21). The molecule has 0 fully saturated rings. The highest BCUT2D eigenvalue weighted by molar-refractivity contribution is 7.91. The molecule has 0 aliphatic carbocycles. The van der Waals surface area contributed by atoms with E-state index in [0.717, 1.165) is 9.88 Å². The molecule has 6 nitrogen and oxygen atoms in total. The van der Waals surface area contributed by atoms with Gasteiger partial charge >= 0.3 is 0 Å². The minimum Gasteiger partial charge on any atom is -0.506 e. The van der Waals surface area contributed by atoms with Crippen molar-refractivity contribution in [1.82, 2.24) is 4.98 Å². The summed E-state index contributed by atoms with van der Waals surface area (Å²) >= 11 is 2.78. The third-order valence-corrected chi connectivity index (χ3v) is 7.62. The molecular weight excluding hydrogens is 392 g/mol. The molecule has 0 saturated heterocycles. The molecule has 2 heterocycles. The molecule has 0 atom stereocenters. The Balaban J connectivity index is 1.90. The van der Waals surface area contributed by atoms with E-state index in [1.807, 2.05) is 17.5 Å². The zero-order valence-electron chi connectivity index (χ0n) is 14.0. The number of phenolic OH excluding ortho intramolecular Hbond substituents is 1. The summed E-state index contributed by atoms with van der Waals surface area (Å²) in [4.78, 5) is 18.5. The monoisotopic (exact) mass is 408 g/mol. The van der Waals surface area contributed by atoms with E-state index in [2.05, 4.69) is 10.3 Å². The molecule has 0 saturated carbocycles. The number of aromatic nitrogens is 1. The number of nitrogens with one attached hydrogen (secondary N) is 1. The zero-order chi connectivity index (χ0) is 18.9. The van der Waals surface area contributed by atoms with Crippen LogP contribution in [0, 0.1) is 6.92 Å². The third kappa shape index (κ3) is 3.64. The molecule has 0 radical (unpaired) electrons. The number of aryl methyl sites for hydroxylation is 1. The van der Waals surface area contributed by atoms with Gasteiger partial charge in [0.05, 0.1) is 26.9 Å². The Hall–Kier alpha value is -2.23. The number of hydrogen-bond acceptors (Lipinski definition) is 7. The fourth-order valence-electron chi connectivity index (χ4n) is 2.27. The lowest BCUT2D eigenvalue weighted by molar-refractivity contribution is 0.102.